The van der Waals surface area contributed by atoms with Crippen LogP contribution in [0.1, 0.15) is 20.8 Å². The highest BCUT2D eigenvalue weighted by atomic mass is 16.6. The zero-order valence-electron chi connectivity index (χ0n) is 9.56. The van der Waals surface area contributed by atoms with Gasteiger partial charge in [-0.3, -0.25) is 0 Å². The fourth-order valence-electron chi connectivity index (χ4n) is 2.40. The summed E-state index contributed by atoms with van der Waals surface area (Å²) in [5.74, 6) is 1.47. The molecule has 1 saturated carbocycles. The van der Waals surface area contributed by atoms with Gasteiger partial charge in [0.15, 0.2) is 0 Å². The lowest BCUT2D eigenvalue weighted by atomic mass is 10.2. The average molecular weight is 213 g/mol. The predicted molar refractivity (Wildman–Crippen MR) is 55.4 cm³/mol. The zero-order valence-corrected chi connectivity index (χ0v) is 9.56. The van der Waals surface area contributed by atoms with Gasteiger partial charge in [-0.1, -0.05) is 0 Å². The van der Waals surface area contributed by atoms with Gasteiger partial charge in [0.1, 0.15) is 5.60 Å². The number of hydrogen-bond donors (Lipinski definition) is 1. The van der Waals surface area contributed by atoms with Gasteiger partial charge in [-0.15, -0.1) is 0 Å². The molecule has 4 heteroatoms. The molecule has 1 saturated heterocycles. The van der Waals surface area contributed by atoms with Crippen molar-refractivity contribution in [3.63, 3.8) is 0 Å². The Morgan fingerprint density at radius 2 is 1.93 bits per heavy atom. The highest BCUT2D eigenvalue weighted by molar-refractivity contribution is 5.68. The highest BCUT2D eigenvalue weighted by Gasteiger charge is 2.56. The number of aliphatic hydroxyl groups is 1. The van der Waals surface area contributed by atoms with Crippen LogP contribution in [0.2, 0.25) is 0 Å². The summed E-state index contributed by atoms with van der Waals surface area (Å²) in [4.78, 5) is 13.4. The second-order valence-corrected chi connectivity index (χ2v) is 5.56. The van der Waals surface area contributed by atoms with E-state index in [1.807, 2.05) is 20.8 Å². The minimum Gasteiger partial charge on any atom is -0.444 e. The molecular formula is C11H19NO3. The number of carbonyl (C=O) groups excluding carboxylic acids is 1. The van der Waals surface area contributed by atoms with Crippen molar-refractivity contribution in [2.24, 2.45) is 17.8 Å². The van der Waals surface area contributed by atoms with Crippen molar-refractivity contribution in [3.8, 4) is 0 Å². The molecule has 2 fully saturated rings. The number of ether oxygens (including phenoxy) is 1. The Hall–Kier alpha value is -0.770. The van der Waals surface area contributed by atoms with E-state index in [0.717, 1.165) is 13.1 Å². The summed E-state index contributed by atoms with van der Waals surface area (Å²) >= 11 is 0. The summed E-state index contributed by atoms with van der Waals surface area (Å²) in [5.41, 5.74) is -0.416. The SMILES string of the molecule is CC(C)(C)OC(=O)N1CC2C(CO)[C@H]2C1. The minimum absolute atomic E-state index is 0.216. The van der Waals surface area contributed by atoms with E-state index in [2.05, 4.69) is 0 Å². The first-order valence-corrected chi connectivity index (χ1v) is 5.51. The highest BCUT2D eigenvalue weighted by Crippen LogP contribution is 2.51. The molecule has 1 aliphatic carbocycles. The average Bonchev–Trinajstić information content (AvgIpc) is 2.54. The number of likely N-dealkylation sites (tertiary alicyclic amines) is 1. The van der Waals surface area contributed by atoms with Gasteiger partial charge >= 0.3 is 6.09 Å². The molecule has 0 radical (unpaired) electrons. The lowest BCUT2D eigenvalue weighted by Gasteiger charge is -2.25. The van der Waals surface area contributed by atoms with E-state index in [9.17, 15) is 4.79 Å². The minimum atomic E-state index is -0.416. The van der Waals surface area contributed by atoms with Gasteiger partial charge in [-0.25, -0.2) is 4.79 Å². The Morgan fingerprint density at radius 1 is 1.40 bits per heavy atom. The fourth-order valence-corrected chi connectivity index (χ4v) is 2.40. The summed E-state index contributed by atoms with van der Waals surface area (Å²) in [6, 6.07) is 0. The van der Waals surface area contributed by atoms with Crippen LogP contribution in [0.25, 0.3) is 0 Å². The predicted octanol–water partition coefficient (Wildman–Crippen LogP) is 1.09. The monoisotopic (exact) mass is 213 g/mol. The maximum absolute atomic E-state index is 11.7. The molecule has 15 heavy (non-hydrogen) atoms. The molecule has 2 unspecified atom stereocenters. The van der Waals surface area contributed by atoms with E-state index >= 15 is 0 Å². The van der Waals surface area contributed by atoms with Crippen molar-refractivity contribution in [2.75, 3.05) is 19.7 Å². The van der Waals surface area contributed by atoms with Crippen LogP contribution in [0.3, 0.4) is 0 Å². The summed E-state index contributed by atoms with van der Waals surface area (Å²) < 4.78 is 5.28. The molecule has 0 bridgehead atoms. The number of fused-ring (bicyclic) bond motifs is 1. The molecule has 2 rings (SSSR count). The first-order chi connectivity index (χ1) is 6.92. The largest absolute Gasteiger partial charge is 0.444 e. The first-order valence-electron chi connectivity index (χ1n) is 5.51. The quantitative estimate of drug-likeness (QED) is 0.709. The molecule has 4 nitrogen and oxygen atoms in total. The second kappa shape index (κ2) is 3.37. The molecule has 0 aromatic heterocycles. The van der Waals surface area contributed by atoms with Gasteiger partial charge in [0.05, 0.1) is 0 Å². The Balaban J connectivity index is 1.82. The van der Waals surface area contributed by atoms with E-state index < -0.39 is 5.60 Å². The maximum atomic E-state index is 11.7. The first kappa shape index (κ1) is 10.7. The summed E-state index contributed by atoms with van der Waals surface area (Å²) in [6.45, 7) is 7.39. The van der Waals surface area contributed by atoms with Crippen LogP contribution in [0.5, 0.6) is 0 Å². The zero-order chi connectivity index (χ0) is 11.2. The van der Waals surface area contributed by atoms with Crippen molar-refractivity contribution in [3.05, 3.63) is 0 Å². The normalized spacial score (nSPS) is 33.9. The van der Waals surface area contributed by atoms with Crippen molar-refractivity contribution < 1.29 is 14.6 Å². The number of amides is 1. The number of rotatable bonds is 1. The lowest BCUT2D eigenvalue weighted by molar-refractivity contribution is 0.0259. The van der Waals surface area contributed by atoms with Crippen LogP contribution in [-0.2, 0) is 4.74 Å². The Labute approximate surface area is 90.2 Å². The van der Waals surface area contributed by atoms with Crippen molar-refractivity contribution in [1.29, 1.82) is 0 Å². The third kappa shape index (κ3) is 2.09. The molecule has 1 N–H and O–H groups in total. The second-order valence-electron chi connectivity index (χ2n) is 5.56. The molecule has 0 spiro atoms. The van der Waals surface area contributed by atoms with Gasteiger partial charge in [0.25, 0.3) is 0 Å². The third-order valence-electron chi connectivity index (χ3n) is 3.23. The number of carbonyl (C=O) groups is 1. The van der Waals surface area contributed by atoms with Crippen molar-refractivity contribution >= 4 is 6.09 Å². The smallest absolute Gasteiger partial charge is 0.410 e. The maximum Gasteiger partial charge on any atom is 0.410 e. The van der Waals surface area contributed by atoms with E-state index in [1.54, 1.807) is 4.90 Å². The molecule has 3 atom stereocenters. The molecule has 1 heterocycles. The van der Waals surface area contributed by atoms with E-state index in [0.29, 0.717) is 17.8 Å². The number of nitrogens with zero attached hydrogens (tertiary/aromatic N) is 1. The summed E-state index contributed by atoms with van der Waals surface area (Å²) in [6.07, 6.45) is -0.216. The van der Waals surface area contributed by atoms with Crippen molar-refractivity contribution in [2.45, 2.75) is 26.4 Å². The van der Waals surface area contributed by atoms with Gasteiger partial charge in [0.2, 0.25) is 0 Å². The Bertz CT molecular complexity index is 259. The number of aliphatic hydroxyl groups excluding tert-OH is 1. The number of hydrogen-bond acceptors (Lipinski definition) is 3. The van der Waals surface area contributed by atoms with E-state index in [-0.39, 0.29) is 12.7 Å². The Morgan fingerprint density at radius 3 is 2.33 bits per heavy atom. The molecule has 2 aliphatic rings. The molecule has 1 aliphatic heterocycles. The molecule has 86 valence electrons. The van der Waals surface area contributed by atoms with Crippen LogP contribution in [-0.4, -0.2) is 41.4 Å². The molecule has 1 amide bonds. The van der Waals surface area contributed by atoms with Gasteiger partial charge in [0, 0.05) is 19.7 Å². The summed E-state index contributed by atoms with van der Waals surface area (Å²) in [7, 11) is 0. The molecular weight excluding hydrogens is 194 g/mol. The standard InChI is InChI=1S/C11H19NO3/c1-11(2,3)15-10(14)12-4-7-8(5-12)9(7)6-13/h7-9,13H,4-6H2,1-3H3/t7-,8?,9?/m0/s1. The van der Waals surface area contributed by atoms with E-state index in [1.165, 1.54) is 0 Å². The van der Waals surface area contributed by atoms with Gasteiger partial charge < -0.3 is 14.7 Å². The third-order valence-corrected chi connectivity index (χ3v) is 3.23. The van der Waals surface area contributed by atoms with E-state index in [4.69, 9.17) is 9.84 Å². The fraction of sp³-hybridized carbons (Fsp3) is 0.909. The van der Waals surface area contributed by atoms with Crippen LogP contribution >= 0.6 is 0 Å². The van der Waals surface area contributed by atoms with Crippen LogP contribution in [0.15, 0.2) is 0 Å². The molecule has 0 aromatic rings. The number of piperidine rings is 1. The van der Waals surface area contributed by atoms with Crippen LogP contribution in [0.4, 0.5) is 4.79 Å². The van der Waals surface area contributed by atoms with Gasteiger partial charge in [-0.2, -0.15) is 0 Å². The van der Waals surface area contributed by atoms with Gasteiger partial charge in [-0.05, 0) is 38.5 Å². The van der Waals surface area contributed by atoms with Crippen LogP contribution < -0.4 is 0 Å². The van der Waals surface area contributed by atoms with Crippen LogP contribution in [0, 0.1) is 17.8 Å². The topological polar surface area (TPSA) is 49.8 Å². The molecule has 0 aromatic carbocycles. The Kier molecular flexibility index (Phi) is 2.41. The summed E-state index contributed by atoms with van der Waals surface area (Å²) in [5, 5.41) is 8.99. The van der Waals surface area contributed by atoms with Crippen molar-refractivity contribution in [1.82, 2.24) is 4.90 Å². The lowest BCUT2D eigenvalue weighted by Crippen LogP contribution is -2.37.